The number of nitrogens with zero attached hydrogens (tertiary/aromatic N) is 2. The van der Waals surface area contributed by atoms with E-state index in [1.165, 1.54) is 7.11 Å². The van der Waals surface area contributed by atoms with E-state index in [4.69, 9.17) is 14.0 Å². The lowest BCUT2D eigenvalue weighted by molar-refractivity contribution is -0.138. The zero-order valence-electron chi connectivity index (χ0n) is 15.8. The standard InChI is InChI=1S/C20H22N2O6/c1-26-16-7-12-5-6-22(15(10-19(23)24)13(12)8-17(16)27-2)20(25)18-9-14(21-28-18)11-3-4-11/h7-9,11,15H,3-6,10H2,1-2H3,(H,23,24). The molecule has 1 N–H and O–H groups in total. The number of benzene rings is 1. The molecular weight excluding hydrogens is 364 g/mol. The minimum Gasteiger partial charge on any atom is -0.493 e. The van der Waals surface area contributed by atoms with Crippen LogP contribution in [0.2, 0.25) is 0 Å². The van der Waals surface area contributed by atoms with Crippen molar-refractivity contribution in [1.82, 2.24) is 10.1 Å². The Kier molecular flexibility index (Phi) is 4.70. The molecule has 1 unspecified atom stereocenters. The monoisotopic (exact) mass is 386 g/mol. The number of carbonyl (C=O) groups is 2. The number of fused-ring (bicyclic) bond motifs is 1. The number of hydrogen-bond donors (Lipinski definition) is 1. The van der Waals surface area contributed by atoms with Crippen LogP contribution in [0.1, 0.15) is 58.6 Å². The van der Waals surface area contributed by atoms with Crippen molar-refractivity contribution in [2.45, 2.75) is 37.6 Å². The Hall–Kier alpha value is -3.03. The predicted molar refractivity (Wildman–Crippen MR) is 97.8 cm³/mol. The number of aliphatic carboxylic acids is 1. The van der Waals surface area contributed by atoms with Crippen molar-refractivity contribution in [2.24, 2.45) is 0 Å². The molecule has 148 valence electrons. The highest BCUT2D eigenvalue weighted by molar-refractivity contribution is 5.92. The Morgan fingerprint density at radius 1 is 1.21 bits per heavy atom. The van der Waals surface area contributed by atoms with Crippen molar-refractivity contribution in [2.75, 3.05) is 20.8 Å². The maximum absolute atomic E-state index is 13.1. The van der Waals surface area contributed by atoms with E-state index in [9.17, 15) is 14.7 Å². The Balaban J connectivity index is 1.69. The predicted octanol–water partition coefficient (Wildman–Crippen LogP) is 2.78. The van der Waals surface area contributed by atoms with Crippen LogP contribution in [0.5, 0.6) is 11.5 Å². The van der Waals surface area contributed by atoms with E-state index in [-0.39, 0.29) is 18.1 Å². The van der Waals surface area contributed by atoms with E-state index in [0.29, 0.717) is 30.4 Å². The lowest BCUT2D eigenvalue weighted by Crippen LogP contribution is -2.41. The van der Waals surface area contributed by atoms with Crippen LogP contribution in [-0.2, 0) is 11.2 Å². The molecule has 2 heterocycles. The van der Waals surface area contributed by atoms with Gasteiger partial charge in [0.1, 0.15) is 0 Å². The lowest BCUT2D eigenvalue weighted by atomic mass is 9.89. The number of carboxylic acids is 1. The van der Waals surface area contributed by atoms with E-state index in [2.05, 4.69) is 5.16 Å². The molecular formula is C20H22N2O6. The maximum atomic E-state index is 13.1. The van der Waals surface area contributed by atoms with Gasteiger partial charge in [0.15, 0.2) is 11.5 Å². The van der Waals surface area contributed by atoms with Crippen molar-refractivity contribution in [3.05, 3.63) is 40.8 Å². The van der Waals surface area contributed by atoms with Gasteiger partial charge in [-0.1, -0.05) is 5.16 Å². The molecule has 1 aliphatic heterocycles. The molecule has 0 radical (unpaired) electrons. The molecule has 0 bridgehead atoms. The van der Waals surface area contributed by atoms with E-state index in [0.717, 1.165) is 29.7 Å². The number of ether oxygens (including phenoxy) is 2. The van der Waals surface area contributed by atoms with E-state index < -0.39 is 12.0 Å². The molecule has 2 aromatic rings. The van der Waals surface area contributed by atoms with Crippen LogP contribution < -0.4 is 9.47 Å². The second-order valence-electron chi connectivity index (χ2n) is 7.16. The number of methoxy groups -OCH3 is 2. The smallest absolute Gasteiger partial charge is 0.305 e. The number of rotatable bonds is 6. The minimum absolute atomic E-state index is 0.154. The third kappa shape index (κ3) is 3.30. The summed E-state index contributed by atoms with van der Waals surface area (Å²) in [7, 11) is 3.08. The number of hydrogen-bond acceptors (Lipinski definition) is 6. The van der Waals surface area contributed by atoms with Crippen LogP contribution in [0.4, 0.5) is 0 Å². The van der Waals surface area contributed by atoms with Gasteiger partial charge in [-0.2, -0.15) is 0 Å². The van der Waals surface area contributed by atoms with Gasteiger partial charge in [0.05, 0.1) is 32.4 Å². The highest BCUT2D eigenvalue weighted by Gasteiger charge is 2.36. The Bertz CT molecular complexity index is 917. The molecule has 1 atom stereocenters. The molecule has 4 rings (SSSR count). The Labute approximate surface area is 162 Å². The molecule has 1 aromatic heterocycles. The number of aromatic nitrogens is 1. The third-order valence-corrected chi connectivity index (χ3v) is 5.37. The number of carboxylic acid groups (broad SMARTS) is 1. The average Bonchev–Trinajstić information content (AvgIpc) is 3.43. The van der Waals surface area contributed by atoms with Gasteiger partial charge < -0.3 is 24.0 Å². The van der Waals surface area contributed by atoms with Crippen molar-refractivity contribution in [3.63, 3.8) is 0 Å². The number of amides is 1. The first kappa shape index (κ1) is 18.3. The van der Waals surface area contributed by atoms with Gasteiger partial charge in [0.25, 0.3) is 5.91 Å². The quantitative estimate of drug-likeness (QED) is 0.814. The zero-order chi connectivity index (χ0) is 19.8. The molecule has 2 aliphatic rings. The van der Waals surface area contributed by atoms with Crippen LogP contribution in [0.3, 0.4) is 0 Å². The van der Waals surface area contributed by atoms with Gasteiger partial charge in [-0.25, -0.2) is 0 Å². The summed E-state index contributed by atoms with van der Waals surface area (Å²) in [5.74, 6) is 0.286. The second-order valence-corrected chi connectivity index (χ2v) is 7.16. The summed E-state index contributed by atoms with van der Waals surface area (Å²) in [6, 6.07) is 4.67. The largest absolute Gasteiger partial charge is 0.493 e. The van der Waals surface area contributed by atoms with Gasteiger partial charge in [-0.3, -0.25) is 9.59 Å². The second kappa shape index (κ2) is 7.18. The third-order valence-electron chi connectivity index (χ3n) is 5.37. The first-order valence-corrected chi connectivity index (χ1v) is 9.26. The highest BCUT2D eigenvalue weighted by atomic mass is 16.5. The summed E-state index contributed by atoms with van der Waals surface area (Å²) in [5, 5.41) is 13.4. The van der Waals surface area contributed by atoms with Crippen LogP contribution in [0.15, 0.2) is 22.7 Å². The summed E-state index contributed by atoms with van der Waals surface area (Å²) in [5.41, 5.74) is 2.49. The van der Waals surface area contributed by atoms with Crippen LogP contribution in [-0.4, -0.2) is 47.8 Å². The van der Waals surface area contributed by atoms with Gasteiger partial charge >= 0.3 is 5.97 Å². The van der Waals surface area contributed by atoms with Crippen molar-refractivity contribution < 1.29 is 28.7 Å². The van der Waals surface area contributed by atoms with Gasteiger partial charge in [0, 0.05) is 18.5 Å². The molecule has 0 saturated heterocycles. The van der Waals surface area contributed by atoms with E-state index >= 15 is 0 Å². The topological polar surface area (TPSA) is 102 Å². The molecule has 1 aliphatic carbocycles. The maximum Gasteiger partial charge on any atom is 0.305 e. The van der Waals surface area contributed by atoms with Crippen molar-refractivity contribution >= 4 is 11.9 Å². The highest BCUT2D eigenvalue weighted by Crippen LogP contribution is 2.41. The van der Waals surface area contributed by atoms with E-state index in [1.807, 2.05) is 6.07 Å². The molecule has 8 nitrogen and oxygen atoms in total. The fourth-order valence-corrected chi connectivity index (χ4v) is 3.76. The van der Waals surface area contributed by atoms with Gasteiger partial charge in [-0.05, 0) is 42.5 Å². The fraction of sp³-hybridized carbons (Fsp3) is 0.450. The van der Waals surface area contributed by atoms with Gasteiger partial charge in [-0.15, -0.1) is 0 Å². The number of carbonyl (C=O) groups excluding carboxylic acids is 1. The van der Waals surface area contributed by atoms with Crippen molar-refractivity contribution in [1.29, 1.82) is 0 Å². The molecule has 1 amide bonds. The van der Waals surface area contributed by atoms with E-state index in [1.54, 1.807) is 24.1 Å². The van der Waals surface area contributed by atoms with Gasteiger partial charge in [0.2, 0.25) is 5.76 Å². The molecule has 28 heavy (non-hydrogen) atoms. The minimum atomic E-state index is -0.985. The van der Waals surface area contributed by atoms with Crippen LogP contribution in [0.25, 0.3) is 0 Å². The summed E-state index contributed by atoms with van der Waals surface area (Å²) < 4.78 is 16.0. The summed E-state index contributed by atoms with van der Waals surface area (Å²) >= 11 is 0. The van der Waals surface area contributed by atoms with Crippen molar-refractivity contribution in [3.8, 4) is 11.5 Å². The first-order valence-electron chi connectivity index (χ1n) is 9.26. The normalized spacial score (nSPS) is 18.5. The molecule has 0 spiro atoms. The summed E-state index contributed by atoms with van der Waals surface area (Å²) in [4.78, 5) is 26.2. The fourth-order valence-electron chi connectivity index (χ4n) is 3.76. The molecule has 1 aromatic carbocycles. The summed E-state index contributed by atoms with van der Waals surface area (Å²) in [6.45, 7) is 0.388. The summed E-state index contributed by atoms with van der Waals surface area (Å²) in [6.07, 6.45) is 2.49. The molecule has 1 saturated carbocycles. The molecule has 1 fully saturated rings. The Morgan fingerprint density at radius 3 is 2.57 bits per heavy atom. The average molecular weight is 386 g/mol. The Morgan fingerprint density at radius 2 is 1.93 bits per heavy atom. The SMILES string of the molecule is COc1cc2c(cc1OC)C(CC(=O)O)N(C(=O)c1cc(C3CC3)no1)CC2. The zero-order valence-corrected chi connectivity index (χ0v) is 15.8. The first-order chi connectivity index (χ1) is 13.5. The molecule has 8 heteroatoms. The lowest BCUT2D eigenvalue weighted by Gasteiger charge is -2.36. The van der Waals surface area contributed by atoms with Crippen LogP contribution >= 0.6 is 0 Å². The van der Waals surface area contributed by atoms with Crippen LogP contribution in [0, 0.1) is 0 Å².